The summed E-state index contributed by atoms with van der Waals surface area (Å²) in [5.41, 5.74) is 7.06. The Bertz CT molecular complexity index is 478. The van der Waals surface area contributed by atoms with Gasteiger partial charge in [0.25, 0.3) is 0 Å². The van der Waals surface area contributed by atoms with Gasteiger partial charge < -0.3 is 20.7 Å². The zero-order valence-electron chi connectivity index (χ0n) is 12.8. The van der Waals surface area contributed by atoms with Gasteiger partial charge in [0.2, 0.25) is 5.91 Å². The van der Waals surface area contributed by atoms with Gasteiger partial charge in [0.1, 0.15) is 5.75 Å². The Balaban J connectivity index is 2.24. The first-order valence-electron chi connectivity index (χ1n) is 7.58. The molecule has 5 nitrogen and oxygen atoms in total. The highest BCUT2D eigenvalue weighted by Gasteiger charge is 2.31. The number of benzene rings is 1. The molecule has 2 unspecified atom stereocenters. The van der Waals surface area contributed by atoms with Crippen molar-refractivity contribution in [2.45, 2.75) is 31.8 Å². The lowest BCUT2D eigenvalue weighted by Gasteiger charge is -2.38. The maximum absolute atomic E-state index is 12.6. The molecule has 0 bridgehead atoms. The molecule has 1 heterocycles. The summed E-state index contributed by atoms with van der Waals surface area (Å²) in [5.74, 6) is 0.849. The first-order valence-corrected chi connectivity index (χ1v) is 7.58. The van der Waals surface area contributed by atoms with Crippen molar-refractivity contribution >= 4 is 5.91 Å². The number of hydrogen-bond donors (Lipinski definition) is 2. The van der Waals surface area contributed by atoms with E-state index >= 15 is 0 Å². The Morgan fingerprint density at radius 3 is 3.00 bits per heavy atom. The SMILES string of the molecule is CCCC(N)C(=O)N1CCNCC1c1ccccc1OC. The summed E-state index contributed by atoms with van der Waals surface area (Å²) in [5, 5.41) is 3.35. The molecule has 2 rings (SSSR count). The van der Waals surface area contributed by atoms with Gasteiger partial charge in [-0.1, -0.05) is 31.5 Å². The van der Waals surface area contributed by atoms with Crippen molar-refractivity contribution in [3.63, 3.8) is 0 Å². The van der Waals surface area contributed by atoms with E-state index in [1.54, 1.807) is 7.11 Å². The fourth-order valence-corrected chi connectivity index (χ4v) is 2.84. The van der Waals surface area contributed by atoms with Crippen LogP contribution in [0.1, 0.15) is 31.4 Å². The summed E-state index contributed by atoms with van der Waals surface area (Å²) in [7, 11) is 1.66. The van der Waals surface area contributed by atoms with Crippen LogP contribution < -0.4 is 15.8 Å². The fourth-order valence-electron chi connectivity index (χ4n) is 2.84. The highest BCUT2D eigenvalue weighted by molar-refractivity contribution is 5.82. The number of nitrogens with one attached hydrogen (secondary N) is 1. The maximum Gasteiger partial charge on any atom is 0.240 e. The number of nitrogens with zero attached hydrogens (tertiary/aromatic N) is 1. The molecular weight excluding hydrogens is 266 g/mol. The predicted molar refractivity (Wildman–Crippen MR) is 83.2 cm³/mol. The molecule has 0 saturated carbocycles. The Labute approximate surface area is 126 Å². The third-order valence-electron chi connectivity index (χ3n) is 3.94. The molecule has 3 N–H and O–H groups in total. The topological polar surface area (TPSA) is 67.6 Å². The number of rotatable bonds is 5. The van der Waals surface area contributed by atoms with Gasteiger partial charge in [-0.3, -0.25) is 4.79 Å². The molecular formula is C16H25N3O2. The predicted octanol–water partition coefficient (Wildman–Crippen LogP) is 1.30. The van der Waals surface area contributed by atoms with Crippen molar-refractivity contribution in [2.24, 2.45) is 5.73 Å². The van der Waals surface area contributed by atoms with Crippen LogP contribution >= 0.6 is 0 Å². The van der Waals surface area contributed by atoms with Crippen LogP contribution in [0.25, 0.3) is 0 Å². The van der Waals surface area contributed by atoms with E-state index < -0.39 is 6.04 Å². The van der Waals surface area contributed by atoms with Gasteiger partial charge in [-0.15, -0.1) is 0 Å². The van der Waals surface area contributed by atoms with Crippen LogP contribution in [-0.2, 0) is 4.79 Å². The lowest BCUT2D eigenvalue weighted by Crippen LogP contribution is -2.53. The van der Waals surface area contributed by atoms with Gasteiger partial charge in [0, 0.05) is 25.2 Å². The van der Waals surface area contributed by atoms with Crippen molar-refractivity contribution in [2.75, 3.05) is 26.7 Å². The standard InChI is InChI=1S/C16H25N3O2/c1-3-6-13(17)16(20)19-10-9-18-11-14(19)12-7-4-5-8-15(12)21-2/h4-5,7-8,13-14,18H,3,6,9-11,17H2,1-2H3. The van der Waals surface area contributed by atoms with Gasteiger partial charge in [0.15, 0.2) is 0 Å². The van der Waals surface area contributed by atoms with Gasteiger partial charge in [-0.05, 0) is 12.5 Å². The minimum absolute atomic E-state index is 0.0229. The van der Waals surface area contributed by atoms with E-state index in [4.69, 9.17) is 10.5 Å². The number of carbonyl (C=O) groups is 1. The van der Waals surface area contributed by atoms with Crippen molar-refractivity contribution < 1.29 is 9.53 Å². The van der Waals surface area contributed by atoms with Crippen molar-refractivity contribution in [3.8, 4) is 5.75 Å². The Morgan fingerprint density at radius 2 is 2.29 bits per heavy atom. The summed E-state index contributed by atoms with van der Waals surface area (Å²) in [4.78, 5) is 14.5. The second kappa shape index (κ2) is 7.43. The highest BCUT2D eigenvalue weighted by Crippen LogP contribution is 2.30. The molecule has 2 atom stereocenters. The smallest absolute Gasteiger partial charge is 0.240 e. The second-order valence-corrected chi connectivity index (χ2v) is 5.39. The molecule has 1 aromatic rings. The zero-order chi connectivity index (χ0) is 15.2. The molecule has 0 radical (unpaired) electrons. The quantitative estimate of drug-likeness (QED) is 0.858. The van der Waals surface area contributed by atoms with E-state index in [1.807, 2.05) is 36.1 Å². The van der Waals surface area contributed by atoms with Crippen LogP contribution in [0.2, 0.25) is 0 Å². The molecule has 1 fully saturated rings. The van der Waals surface area contributed by atoms with Crippen molar-refractivity contribution in [3.05, 3.63) is 29.8 Å². The van der Waals surface area contributed by atoms with E-state index in [-0.39, 0.29) is 11.9 Å². The molecule has 1 saturated heterocycles. The monoisotopic (exact) mass is 291 g/mol. The first kappa shape index (κ1) is 15.8. The summed E-state index contributed by atoms with van der Waals surface area (Å²) < 4.78 is 5.44. The van der Waals surface area contributed by atoms with Crippen LogP contribution in [0.3, 0.4) is 0 Å². The van der Waals surface area contributed by atoms with Crippen LogP contribution in [0.4, 0.5) is 0 Å². The molecule has 1 amide bonds. The molecule has 0 aromatic heterocycles. The van der Waals surface area contributed by atoms with Gasteiger partial charge in [-0.25, -0.2) is 0 Å². The Hall–Kier alpha value is -1.59. The second-order valence-electron chi connectivity index (χ2n) is 5.39. The number of para-hydroxylation sites is 1. The summed E-state index contributed by atoms with van der Waals surface area (Å²) in [6.07, 6.45) is 1.64. The number of amides is 1. The number of carbonyl (C=O) groups excluding carboxylic acids is 1. The molecule has 1 aromatic carbocycles. The average Bonchev–Trinajstić information content (AvgIpc) is 2.54. The Morgan fingerprint density at radius 1 is 1.52 bits per heavy atom. The van der Waals surface area contributed by atoms with E-state index in [0.29, 0.717) is 6.54 Å². The molecule has 21 heavy (non-hydrogen) atoms. The Kier molecular flexibility index (Phi) is 5.59. The number of hydrogen-bond acceptors (Lipinski definition) is 4. The fraction of sp³-hybridized carbons (Fsp3) is 0.562. The zero-order valence-corrected chi connectivity index (χ0v) is 12.8. The third kappa shape index (κ3) is 3.54. The molecule has 1 aliphatic heterocycles. The highest BCUT2D eigenvalue weighted by atomic mass is 16.5. The molecule has 0 spiro atoms. The van der Waals surface area contributed by atoms with Gasteiger partial charge >= 0.3 is 0 Å². The largest absolute Gasteiger partial charge is 0.496 e. The normalized spacial score (nSPS) is 20.1. The number of piperazine rings is 1. The van der Waals surface area contributed by atoms with Crippen LogP contribution in [0.15, 0.2) is 24.3 Å². The average molecular weight is 291 g/mol. The molecule has 116 valence electrons. The maximum atomic E-state index is 12.6. The van der Waals surface area contributed by atoms with Gasteiger partial charge in [0.05, 0.1) is 19.2 Å². The van der Waals surface area contributed by atoms with E-state index in [9.17, 15) is 4.79 Å². The number of nitrogens with two attached hydrogens (primary N) is 1. The van der Waals surface area contributed by atoms with Crippen molar-refractivity contribution in [1.29, 1.82) is 0 Å². The lowest BCUT2D eigenvalue weighted by molar-refractivity contribution is -0.136. The van der Waals surface area contributed by atoms with E-state index in [2.05, 4.69) is 5.32 Å². The van der Waals surface area contributed by atoms with E-state index in [1.165, 1.54) is 0 Å². The van der Waals surface area contributed by atoms with Gasteiger partial charge in [-0.2, -0.15) is 0 Å². The molecule has 5 heteroatoms. The molecule has 0 aliphatic carbocycles. The summed E-state index contributed by atoms with van der Waals surface area (Å²) >= 11 is 0. The number of ether oxygens (including phenoxy) is 1. The van der Waals surface area contributed by atoms with Crippen LogP contribution in [0, 0.1) is 0 Å². The lowest BCUT2D eigenvalue weighted by atomic mass is 10.0. The minimum Gasteiger partial charge on any atom is -0.496 e. The molecule has 1 aliphatic rings. The van der Waals surface area contributed by atoms with E-state index in [0.717, 1.165) is 37.2 Å². The summed E-state index contributed by atoms with van der Waals surface area (Å²) in [6.45, 7) is 4.25. The first-order chi connectivity index (χ1) is 10.2. The summed E-state index contributed by atoms with van der Waals surface area (Å²) in [6, 6.07) is 7.42. The van der Waals surface area contributed by atoms with Crippen LogP contribution in [-0.4, -0.2) is 43.6 Å². The van der Waals surface area contributed by atoms with Crippen molar-refractivity contribution in [1.82, 2.24) is 10.2 Å². The van der Waals surface area contributed by atoms with Crippen LogP contribution in [0.5, 0.6) is 5.75 Å². The number of methoxy groups -OCH3 is 1. The minimum atomic E-state index is -0.412. The third-order valence-corrected chi connectivity index (χ3v) is 3.94.